The summed E-state index contributed by atoms with van der Waals surface area (Å²) in [6.45, 7) is 8.49. The van der Waals surface area contributed by atoms with Gasteiger partial charge in [-0.2, -0.15) is 0 Å². The number of ether oxygens (including phenoxy) is 2. The number of hydrogen-bond donors (Lipinski definition) is 1. The predicted molar refractivity (Wildman–Crippen MR) is 95.9 cm³/mol. The van der Waals surface area contributed by atoms with Crippen molar-refractivity contribution in [3.8, 4) is 0 Å². The number of esters is 1. The van der Waals surface area contributed by atoms with Gasteiger partial charge in [-0.1, -0.05) is 0 Å². The van der Waals surface area contributed by atoms with E-state index in [9.17, 15) is 14.7 Å². The molecule has 1 aromatic rings. The number of thiophene rings is 1. The van der Waals surface area contributed by atoms with Crippen LogP contribution in [-0.4, -0.2) is 47.9 Å². The van der Waals surface area contributed by atoms with Crippen molar-refractivity contribution in [3.05, 3.63) is 21.4 Å². The monoisotopic (exact) mass is 369 g/mol. The van der Waals surface area contributed by atoms with Gasteiger partial charge in [0.25, 0.3) is 0 Å². The van der Waals surface area contributed by atoms with Crippen molar-refractivity contribution in [1.82, 2.24) is 4.90 Å². The maximum atomic E-state index is 12.1. The van der Waals surface area contributed by atoms with E-state index in [-0.39, 0.29) is 18.0 Å². The number of hydrogen-bond acceptors (Lipinski definition) is 6. The molecule has 1 atom stereocenters. The Kier molecular flexibility index (Phi) is 6.11. The molecule has 0 radical (unpaired) electrons. The molecule has 6 nitrogen and oxygen atoms in total. The minimum Gasteiger partial charge on any atom is -0.465 e. The van der Waals surface area contributed by atoms with Gasteiger partial charge in [0.1, 0.15) is 5.60 Å². The first-order valence-electron chi connectivity index (χ1n) is 8.46. The standard InChI is InChI=1S/C18H27NO5S/c1-11-13(16(21)23-5)10-25-15(11)14(20)12-6-8-19(9-7-12)17(22)24-18(2,3)4/h10,12,14,20H,6-9H2,1-5H3. The van der Waals surface area contributed by atoms with E-state index < -0.39 is 11.7 Å². The fraction of sp³-hybridized carbons (Fsp3) is 0.667. The highest BCUT2D eigenvalue weighted by atomic mass is 32.1. The number of amides is 1. The van der Waals surface area contributed by atoms with Gasteiger partial charge < -0.3 is 19.5 Å². The number of likely N-dealkylation sites (tertiary alicyclic amines) is 1. The van der Waals surface area contributed by atoms with Crippen molar-refractivity contribution in [1.29, 1.82) is 0 Å². The van der Waals surface area contributed by atoms with E-state index in [1.165, 1.54) is 18.4 Å². The van der Waals surface area contributed by atoms with Crippen LogP contribution in [0.2, 0.25) is 0 Å². The topological polar surface area (TPSA) is 76.1 Å². The molecule has 1 aromatic heterocycles. The molecule has 1 fully saturated rings. The Labute approximate surface area is 152 Å². The van der Waals surface area contributed by atoms with Crippen LogP contribution in [0.25, 0.3) is 0 Å². The number of carbonyl (C=O) groups is 2. The number of aliphatic hydroxyl groups excluding tert-OH is 1. The highest BCUT2D eigenvalue weighted by molar-refractivity contribution is 7.10. The van der Waals surface area contributed by atoms with Crippen LogP contribution >= 0.6 is 11.3 Å². The zero-order valence-electron chi connectivity index (χ0n) is 15.5. The lowest BCUT2D eigenvalue weighted by Gasteiger charge is -2.35. The molecule has 1 aliphatic rings. The fourth-order valence-electron chi connectivity index (χ4n) is 2.97. The first kappa shape index (κ1) is 19.7. The maximum Gasteiger partial charge on any atom is 0.410 e. The Bertz CT molecular complexity index is 626. The Balaban J connectivity index is 1.98. The van der Waals surface area contributed by atoms with Gasteiger partial charge in [0.15, 0.2) is 0 Å². The molecule has 0 saturated carbocycles. The summed E-state index contributed by atoms with van der Waals surface area (Å²) in [5, 5.41) is 12.5. The summed E-state index contributed by atoms with van der Waals surface area (Å²) in [7, 11) is 1.35. The number of nitrogens with zero attached hydrogens (tertiary/aromatic N) is 1. The Morgan fingerprint density at radius 2 is 1.92 bits per heavy atom. The van der Waals surface area contributed by atoms with Gasteiger partial charge >= 0.3 is 12.1 Å². The molecular weight excluding hydrogens is 342 g/mol. The average molecular weight is 369 g/mol. The average Bonchev–Trinajstić information content (AvgIpc) is 2.93. The van der Waals surface area contributed by atoms with Crippen LogP contribution in [0.15, 0.2) is 5.38 Å². The molecule has 1 N–H and O–H groups in total. The molecule has 2 heterocycles. The Hall–Kier alpha value is -1.60. The quantitative estimate of drug-likeness (QED) is 0.825. The summed E-state index contributed by atoms with van der Waals surface area (Å²) >= 11 is 1.38. The van der Waals surface area contributed by atoms with Gasteiger partial charge in [-0.25, -0.2) is 9.59 Å². The zero-order chi connectivity index (χ0) is 18.8. The van der Waals surface area contributed by atoms with E-state index in [2.05, 4.69) is 0 Å². The van der Waals surface area contributed by atoms with Gasteiger partial charge in [0.2, 0.25) is 0 Å². The van der Waals surface area contributed by atoms with E-state index in [1.54, 1.807) is 10.3 Å². The van der Waals surface area contributed by atoms with Crippen LogP contribution in [0, 0.1) is 12.8 Å². The van der Waals surface area contributed by atoms with Crippen LogP contribution in [0.1, 0.15) is 60.5 Å². The van der Waals surface area contributed by atoms with Gasteiger partial charge in [-0.3, -0.25) is 0 Å². The molecular formula is C18H27NO5S. The second-order valence-corrected chi connectivity index (χ2v) is 8.29. The molecule has 0 bridgehead atoms. The van der Waals surface area contributed by atoms with Crippen molar-refractivity contribution in [2.75, 3.05) is 20.2 Å². The predicted octanol–water partition coefficient (Wildman–Crippen LogP) is 3.52. The highest BCUT2D eigenvalue weighted by Gasteiger charge is 2.32. The Morgan fingerprint density at radius 1 is 1.32 bits per heavy atom. The molecule has 25 heavy (non-hydrogen) atoms. The summed E-state index contributed by atoms with van der Waals surface area (Å²) in [6.07, 6.45) is 0.460. The molecule has 1 amide bonds. The maximum absolute atomic E-state index is 12.1. The van der Waals surface area contributed by atoms with Crippen LogP contribution < -0.4 is 0 Å². The van der Waals surface area contributed by atoms with Crippen LogP contribution in [0.4, 0.5) is 4.79 Å². The first-order chi connectivity index (χ1) is 11.6. The number of rotatable bonds is 3. The van der Waals surface area contributed by atoms with Crippen molar-refractivity contribution < 1.29 is 24.2 Å². The third-order valence-corrected chi connectivity index (χ3v) is 5.54. The molecule has 1 unspecified atom stereocenters. The van der Waals surface area contributed by atoms with Crippen molar-refractivity contribution in [3.63, 3.8) is 0 Å². The van der Waals surface area contributed by atoms with E-state index in [4.69, 9.17) is 9.47 Å². The molecule has 1 saturated heterocycles. The van der Waals surface area contributed by atoms with E-state index in [0.717, 1.165) is 10.4 Å². The van der Waals surface area contributed by atoms with E-state index in [1.807, 2.05) is 27.7 Å². The lowest BCUT2D eigenvalue weighted by molar-refractivity contribution is 0.00798. The van der Waals surface area contributed by atoms with Gasteiger partial charge in [-0.05, 0) is 52.0 Å². The molecule has 2 rings (SSSR count). The number of methoxy groups -OCH3 is 1. The zero-order valence-corrected chi connectivity index (χ0v) is 16.3. The van der Waals surface area contributed by atoms with Crippen molar-refractivity contribution in [2.45, 2.75) is 52.2 Å². The third kappa shape index (κ3) is 4.73. The SMILES string of the molecule is COC(=O)c1csc(C(O)C2CCN(C(=O)OC(C)(C)C)CC2)c1C. The molecule has 0 aromatic carbocycles. The van der Waals surface area contributed by atoms with Crippen molar-refractivity contribution in [2.24, 2.45) is 5.92 Å². The molecule has 1 aliphatic heterocycles. The van der Waals surface area contributed by atoms with Gasteiger partial charge in [0, 0.05) is 23.3 Å². The smallest absolute Gasteiger partial charge is 0.410 e. The minimum atomic E-state index is -0.635. The van der Waals surface area contributed by atoms with E-state index in [0.29, 0.717) is 31.5 Å². The second kappa shape index (κ2) is 7.74. The molecule has 7 heteroatoms. The lowest BCUT2D eigenvalue weighted by atomic mass is 9.89. The summed E-state index contributed by atoms with van der Waals surface area (Å²) in [5.74, 6) is -0.325. The molecule has 0 aliphatic carbocycles. The number of piperidine rings is 1. The van der Waals surface area contributed by atoms with Gasteiger partial charge in [-0.15, -0.1) is 11.3 Å². The van der Waals surface area contributed by atoms with Crippen LogP contribution in [-0.2, 0) is 9.47 Å². The van der Waals surface area contributed by atoms with E-state index >= 15 is 0 Å². The van der Waals surface area contributed by atoms with Crippen LogP contribution in [0.5, 0.6) is 0 Å². The number of aliphatic hydroxyl groups is 1. The van der Waals surface area contributed by atoms with Crippen molar-refractivity contribution >= 4 is 23.4 Å². The molecule has 0 spiro atoms. The largest absolute Gasteiger partial charge is 0.465 e. The summed E-state index contributed by atoms with van der Waals surface area (Å²) in [5.41, 5.74) is 0.776. The minimum absolute atomic E-state index is 0.0570. The summed E-state index contributed by atoms with van der Waals surface area (Å²) in [4.78, 5) is 26.3. The second-order valence-electron chi connectivity index (χ2n) is 7.38. The fourth-order valence-corrected chi connectivity index (χ4v) is 4.11. The number of carbonyl (C=O) groups excluding carboxylic acids is 2. The van der Waals surface area contributed by atoms with Gasteiger partial charge in [0.05, 0.1) is 18.8 Å². The summed E-state index contributed by atoms with van der Waals surface area (Å²) < 4.78 is 10.2. The first-order valence-corrected chi connectivity index (χ1v) is 9.34. The Morgan fingerprint density at radius 3 is 2.44 bits per heavy atom. The summed E-state index contributed by atoms with van der Waals surface area (Å²) in [6, 6.07) is 0. The highest BCUT2D eigenvalue weighted by Crippen LogP contribution is 2.37. The third-order valence-electron chi connectivity index (χ3n) is 4.39. The molecule has 140 valence electrons. The van der Waals surface area contributed by atoms with Crippen LogP contribution in [0.3, 0.4) is 0 Å². The normalized spacial score (nSPS) is 17.3. The lowest BCUT2D eigenvalue weighted by Crippen LogP contribution is -2.42.